The second-order valence-corrected chi connectivity index (χ2v) is 6.20. The van der Waals surface area contributed by atoms with Gasteiger partial charge in [-0.3, -0.25) is 9.67 Å². The standard InChI is InChI=1S/C17H22N6O/c1-11(2)8-15-20-17(13-9-12(3)18-10-14(13)24-5)23(21-15)16-6-7-19-22(16)4/h6-7,9-11H,8H2,1-5H3. The van der Waals surface area contributed by atoms with Crippen LogP contribution in [0.1, 0.15) is 25.4 Å². The van der Waals surface area contributed by atoms with Gasteiger partial charge in [0.05, 0.1) is 25.1 Å². The van der Waals surface area contributed by atoms with Gasteiger partial charge in [0.25, 0.3) is 0 Å². The van der Waals surface area contributed by atoms with Crippen LogP contribution in [0.4, 0.5) is 0 Å². The third-order valence-corrected chi connectivity index (χ3v) is 3.72. The average Bonchev–Trinajstić information content (AvgIpc) is 3.12. The molecule has 0 atom stereocenters. The number of methoxy groups -OCH3 is 1. The second kappa shape index (κ2) is 6.43. The molecule has 0 radical (unpaired) electrons. The molecule has 0 aromatic carbocycles. The van der Waals surface area contributed by atoms with Crippen molar-refractivity contribution in [3.05, 3.63) is 36.0 Å². The minimum atomic E-state index is 0.473. The molecule has 3 aromatic heterocycles. The molecule has 24 heavy (non-hydrogen) atoms. The molecule has 3 rings (SSSR count). The maximum absolute atomic E-state index is 5.48. The van der Waals surface area contributed by atoms with Crippen molar-refractivity contribution in [2.75, 3.05) is 7.11 Å². The topological polar surface area (TPSA) is 70.7 Å². The molecule has 126 valence electrons. The molecule has 0 aliphatic heterocycles. The summed E-state index contributed by atoms with van der Waals surface area (Å²) in [5, 5.41) is 8.95. The summed E-state index contributed by atoms with van der Waals surface area (Å²) in [6, 6.07) is 3.88. The SMILES string of the molecule is COc1cnc(C)cc1-c1nc(CC(C)C)nn1-c1ccnn1C. The number of nitrogens with zero attached hydrogens (tertiary/aromatic N) is 6. The van der Waals surface area contributed by atoms with Gasteiger partial charge in [0.1, 0.15) is 5.75 Å². The van der Waals surface area contributed by atoms with Crippen molar-refractivity contribution >= 4 is 0 Å². The van der Waals surface area contributed by atoms with Gasteiger partial charge in [-0.1, -0.05) is 13.8 Å². The van der Waals surface area contributed by atoms with Gasteiger partial charge in [-0.25, -0.2) is 4.98 Å². The first-order valence-electron chi connectivity index (χ1n) is 7.95. The Morgan fingerprint density at radius 3 is 2.71 bits per heavy atom. The summed E-state index contributed by atoms with van der Waals surface area (Å²) in [6.45, 7) is 6.26. The lowest BCUT2D eigenvalue weighted by Crippen LogP contribution is -2.07. The lowest BCUT2D eigenvalue weighted by Gasteiger charge is -2.10. The van der Waals surface area contributed by atoms with Crippen LogP contribution < -0.4 is 4.74 Å². The Morgan fingerprint density at radius 2 is 2.08 bits per heavy atom. The van der Waals surface area contributed by atoms with Gasteiger partial charge in [0, 0.05) is 25.2 Å². The van der Waals surface area contributed by atoms with Crippen molar-refractivity contribution in [3.63, 3.8) is 0 Å². The van der Waals surface area contributed by atoms with Gasteiger partial charge in [-0.05, 0) is 18.9 Å². The molecule has 0 fully saturated rings. The number of hydrogen-bond acceptors (Lipinski definition) is 5. The van der Waals surface area contributed by atoms with E-state index in [4.69, 9.17) is 14.8 Å². The van der Waals surface area contributed by atoms with Crippen molar-refractivity contribution in [1.82, 2.24) is 29.5 Å². The van der Waals surface area contributed by atoms with Crippen molar-refractivity contribution in [1.29, 1.82) is 0 Å². The number of aromatic nitrogens is 6. The molecule has 7 nitrogen and oxygen atoms in total. The molecule has 0 aliphatic carbocycles. The fourth-order valence-electron chi connectivity index (χ4n) is 2.60. The normalized spacial score (nSPS) is 11.2. The fourth-order valence-corrected chi connectivity index (χ4v) is 2.60. The molecule has 7 heteroatoms. The van der Waals surface area contributed by atoms with Crippen molar-refractivity contribution in [2.24, 2.45) is 13.0 Å². The Kier molecular flexibility index (Phi) is 4.33. The van der Waals surface area contributed by atoms with Crippen LogP contribution in [0, 0.1) is 12.8 Å². The zero-order chi connectivity index (χ0) is 17.3. The molecule has 3 heterocycles. The minimum Gasteiger partial charge on any atom is -0.494 e. The van der Waals surface area contributed by atoms with E-state index < -0.39 is 0 Å². The molecule has 0 spiro atoms. The van der Waals surface area contributed by atoms with E-state index in [-0.39, 0.29) is 0 Å². The quantitative estimate of drug-likeness (QED) is 0.720. The first-order valence-corrected chi connectivity index (χ1v) is 7.95. The van der Waals surface area contributed by atoms with E-state index in [1.807, 2.05) is 30.8 Å². The molecular weight excluding hydrogens is 304 g/mol. The summed E-state index contributed by atoms with van der Waals surface area (Å²) in [6.07, 6.45) is 4.28. The number of aryl methyl sites for hydroxylation is 2. The molecule has 0 unspecified atom stereocenters. The van der Waals surface area contributed by atoms with Gasteiger partial charge in [0.2, 0.25) is 0 Å². The molecular formula is C17H22N6O. The van der Waals surface area contributed by atoms with Crippen LogP contribution in [0.2, 0.25) is 0 Å². The Hall–Kier alpha value is -2.70. The monoisotopic (exact) mass is 326 g/mol. The zero-order valence-corrected chi connectivity index (χ0v) is 14.7. The maximum Gasteiger partial charge on any atom is 0.169 e. The zero-order valence-electron chi connectivity index (χ0n) is 14.7. The molecule has 3 aromatic rings. The van der Waals surface area contributed by atoms with Crippen molar-refractivity contribution in [2.45, 2.75) is 27.2 Å². The van der Waals surface area contributed by atoms with Crippen LogP contribution in [0.3, 0.4) is 0 Å². The Labute approximate surface area is 141 Å². The van der Waals surface area contributed by atoms with Crippen LogP contribution in [0.5, 0.6) is 5.75 Å². The van der Waals surface area contributed by atoms with Gasteiger partial charge in [-0.2, -0.15) is 9.78 Å². The molecule has 0 saturated carbocycles. The van der Waals surface area contributed by atoms with Crippen LogP contribution in [-0.2, 0) is 13.5 Å². The number of pyridine rings is 1. The summed E-state index contributed by atoms with van der Waals surface area (Å²) in [5.74, 6) is 3.53. The smallest absolute Gasteiger partial charge is 0.169 e. The highest BCUT2D eigenvalue weighted by molar-refractivity contribution is 5.65. The van der Waals surface area contributed by atoms with Crippen molar-refractivity contribution in [3.8, 4) is 23.0 Å². The first kappa shape index (κ1) is 16.2. The minimum absolute atomic E-state index is 0.473. The third kappa shape index (κ3) is 3.02. The van der Waals surface area contributed by atoms with Crippen LogP contribution in [0.25, 0.3) is 17.2 Å². The highest BCUT2D eigenvalue weighted by Gasteiger charge is 2.20. The molecule has 0 bridgehead atoms. The Balaban J connectivity index is 2.21. The summed E-state index contributed by atoms with van der Waals surface area (Å²) in [7, 11) is 3.52. The predicted octanol–water partition coefficient (Wildman–Crippen LogP) is 2.58. The fraction of sp³-hybridized carbons (Fsp3) is 0.412. The summed E-state index contributed by atoms with van der Waals surface area (Å²) >= 11 is 0. The molecule has 0 amide bonds. The Bertz CT molecular complexity index is 849. The second-order valence-electron chi connectivity index (χ2n) is 6.20. The van der Waals surface area contributed by atoms with Gasteiger partial charge >= 0.3 is 0 Å². The molecule has 0 N–H and O–H groups in total. The van der Waals surface area contributed by atoms with E-state index in [0.29, 0.717) is 11.7 Å². The molecule has 0 aliphatic rings. The highest BCUT2D eigenvalue weighted by Crippen LogP contribution is 2.30. The number of hydrogen-bond donors (Lipinski definition) is 0. The van der Waals surface area contributed by atoms with Gasteiger partial charge < -0.3 is 4.74 Å². The summed E-state index contributed by atoms with van der Waals surface area (Å²) in [5.41, 5.74) is 1.77. The van der Waals surface area contributed by atoms with Gasteiger partial charge in [-0.15, -0.1) is 5.10 Å². The third-order valence-electron chi connectivity index (χ3n) is 3.72. The van der Waals surface area contributed by atoms with Gasteiger partial charge in [0.15, 0.2) is 17.5 Å². The largest absolute Gasteiger partial charge is 0.494 e. The molecule has 0 saturated heterocycles. The number of rotatable bonds is 5. The van der Waals surface area contributed by atoms with E-state index in [2.05, 4.69) is 23.9 Å². The highest BCUT2D eigenvalue weighted by atomic mass is 16.5. The average molecular weight is 326 g/mol. The predicted molar refractivity (Wildman–Crippen MR) is 91.2 cm³/mol. The number of ether oxygens (including phenoxy) is 1. The maximum atomic E-state index is 5.48. The van der Waals surface area contributed by atoms with E-state index in [9.17, 15) is 0 Å². The van der Waals surface area contributed by atoms with E-state index in [1.54, 1.807) is 24.2 Å². The van der Waals surface area contributed by atoms with E-state index in [0.717, 1.165) is 35.1 Å². The van der Waals surface area contributed by atoms with Crippen molar-refractivity contribution < 1.29 is 4.74 Å². The lowest BCUT2D eigenvalue weighted by molar-refractivity contribution is 0.414. The van der Waals surface area contributed by atoms with Crippen LogP contribution in [-0.4, -0.2) is 36.6 Å². The Morgan fingerprint density at radius 1 is 1.29 bits per heavy atom. The van der Waals surface area contributed by atoms with E-state index >= 15 is 0 Å². The summed E-state index contributed by atoms with van der Waals surface area (Å²) in [4.78, 5) is 9.07. The lowest BCUT2D eigenvalue weighted by atomic mass is 10.1. The van der Waals surface area contributed by atoms with E-state index in [1.165, 1.54) is 0 Å². The first-order chi connectivity index (χ1) is 11.5. The van der Waals surface area contributed by atoms with Crippen LogP contribution in [0.15, 0.2) is 24.5 Å². The van der Waals surface area contributed by atoms with Crippen LogP contribution >= 0.6 is 0 Å². The summed E-state index contributed by atoms with van der Waals surface area (Å²) < 4.78 is 9.08.